The summed E-state index contributed by atoms with van der Waals surface area (Å²) in [4.78, 5) is 20.5. The predicted octanol–water partition coefficient (Wildman–Crippen LogP) is 4.82. The number of nitrogens with zero attached hydrogens (tertiary/aromatic N) is 2. The number of carbonyl (C=O) groups is 1. The van der Waals surface area contributed by atoms with Crippen LogP contribution in [0.5, 0.6) is 11.5 Å². The molecule has 0 bridgehead atoms. The molecule has 0 atom stereocenters. The van der Waals surface area contributed by atoms with Crippen molar-refractivity contribution >= 4 is 23.3 Å². The van der Waals surface area contributed by atoms with E-state index in [0.717, 1.165) is 0 Å². The average molecular weight is 422 g/mol. The van der Waals surface area contributed by atoms with Crippen LogP contribution in [0.1, 0.15) is 15.9 Å². The van der Waals surface area contributed by atoms with E-state index in [4.69, 9.17) is 11.6 Å². The maximum atomic E-state index is 13.9. The van der Waals surface area contributed by atoms with E-state index in [9.17, 15) is 18.0 Å². The molecule has 3 aromatic rings. The minimum absolute atomic E-state index is 0.0739. The van der Waals surface area contributed by atoms with Crippen molar-refractivity contribution in [2.24, 2.45) is 0 Å². The summed E-state index contributed by atoms with van der Waals surface area (Å²) in [7, 11) is 0. The molecular formula is C19H11ClF3N3O3. The highest BCUT2D eigenvalue weighted by molar-refractivity contribution is 6.33. The van der Waals surface area contributed by atoms with Crippen LogP contribution in [0.3, 0.4) is 0 Å². The molecule has 0 saturated carbocycles. The van der Waals surface area contributed by atoms with Crippen LogP contribution < -0.4 is 14.8 Å². The molecule has 29 heavy (non-hydrogen) atoms. The van der Waals surface area contributed by atoms with Gasteiger partial charge in [-0.15, -0.1) is 8.78 Å². The number of fused-ring (bicyclic) bond motifs is 1. The summed E-state index contributed by atoms with van der Waals surface area (Å²) in [6.45, 7) is 1.61. The Kier molecular flexibility index (Phi) is 4.54. The molecule has 148 valence electrons. The first-order valence-electron chi connectivity index (χ1n) is 8.22. The standard InChI is InChI=1S/C19H11ClF3N3O3/c1-9-3-2-4-12(21)17(9)18(27)26-16-8-24-13(7-25-16)10-5-14-15(6-11(10)20)29-19(22,23)28-14/h2-8H,1H3,(H,25,26,27). The maximum absolute atomic E-state index is 13.9. The molecular weight excluding hydrogens is 411 g/mol. The summed E-state index contributed by atoms with van der Waals surface area (Å²) in [5.74, 6) is -1.64. The number of halogens is 4. The number of ether oxygens (including phenoxy) is 2. The second-order valence-corrected chi connectivity index (χ2v) is 6.53. The smallest absolute Gasteiger partial charge is 0.395 e. The van der Waals surface area contributed by atoms with Gasteiger partial charge in [0.1, 0.15) is 5.82 Å². The summed E-state index contributed by atoms with van der Waals surface area (Å²) in [5.41, 5.74) is 0.896. The van der Waals surface area contributed by atoms with E-state index >= 15 is 0 Å². The molecule has 2 aromatic carbocycles. The van der Waals surface area contributed by atoms with Gasteiger partial charge in [-0.25, -0.2) is 9.37 Å². The highest BCUT2D eigenvalue weighted by Gasteiger charge is 2.43. The van der Waals surface area contributed by atoms with Gasteiger partial charge in [0.25, 0.3) is 5.91 Å². The van der Waals surface area contributed by atoms with Gasteiger partial charge in [0.15, 0.2) is 17.3 Å². The number of aromatic nitrogens is 2. The molecule has 1 aliphatic heterocycles. The van der Waals surface area contributed by atoms with Gasteiger partial charge in [-0.2, -0.15) is 0 Å². The fourth-order valence-corrected chi connectivity index (χ4v) is 3.05. The van der Waals surface area contributed by atoms with Gasteiger partial charge in [-0.1, -0.05) is 23.7 Å². The van der Waals surface area contributed by atoms with Crippen LogP contribution in [0.15, 0.2) is 42.7 Å². The number of rotatable bonds is 3. The summed E-state index contributed by atoms with van der Waals surface area (Å²) >= 11 is 6.11. The van der Waals surface area contributed by atoms with Crippen molar-refractivity contribution in [3.8, 4) is 22.8 Å². The number of aryl methyl sites for hydroxylation is 1. The zero-order valence-electron chi connectivity index (χ0n) is 14.7. The Hall–Kier alpha value is -3.33. The van der Waals surface area contributed by atoms with Gasteiger partial charge in [0, 0.05) is 11.6 Å². The van der Waals surface area contributed by atoms with Crippen LogP contribution in [-0.2, 0) is 0 Å². The van der Waals surface area contributed by atoms with Crippen molar-refractivity contribution in [3.05, 3.63) is 64.7 Å². The van der Waals surface area contributed by atoms with Gasteiger partial charge in [-0.05, 0) is 24.6 Å². The number of hydrogen-bond donors (Lipinski definition) is 1. The first-order chi connectivity index (χ1) is 13.7. The molecule has 0 aliphatic carbocycles. The molecule has 0 saturated heterocycles. The highest BCUT2D eigenvalue weighted by atomic mass is 35.5. The third-order valence-electron chi connectivity index (χ3n) is 4.11. The Morgan fingerprint density at radius 2 is 1.86 bits per heavy atom. The highest BCUT2D eigenvalue weighted by Crippen LogP contribution is 2.45. The van der Waals surface area contributed by atoms with Crippen LogP contribution in [0, 0.1) is 12.7 Å². The van der Waals surface area contributed by atoms with Crippen LogP contribution in [0.25, 0.3) is 11.3 Å². The van der Waals surface area contributed by atoms with E-state index in [-0.39, 0.29) is 39.2 Å². The molecule has 0 spiro atoms. The fraction of sp³-hybridized carbons (Fsp3) is 0.105. The van der Waals surface area contributed by atoms with Crippen molar-refractivity contribution in [2.75, 3.05) is 5.32 Å². The maximum Gasteiger partial charge on any atom is 0.586 e. The quantitative estimate of drug-likeness (QED) is 0.656. The SMILES string of the molecule is Cc1cccc(F)c1C(=O)Nc1cnc(-c2cc3c(cc2Cl)OC(F)(F)O3)cn1. The summed E-state index contributed by atoms with van der Waals surface area (Å²) in [6, 6.07) is 6.73. The zero-order valence-corrected chi connectivity index (χ0v) is 15.4. The summed E-state index contributed by atoms with van der Waals surface area (Å²) in [5, 5.41) is 2.55. The predicted molar refractivity (Wildman–Crippen MR) is 97.8 cm³/mol. The van der Waals surface area contributed by atoms with Crippen LogP contribution >= 0.6 is 11.6 Å². The Bertz CT molecular complexity index is 1100. The van der Waals surface area contributed by atoms with E-state index in [1.807, 2.05) is 0 Å². The molecule has 2 heterocycles. The lowest BCUT2D eigenvalue weighted by Gasteiger charge is -2.09. The number of hydrogen-bond acceptors (Lipinski definition) is 5. The van der Waals surface area contributed by atoms with Crippen molar-refractivity contribution in [2.45, 2.75) is 13.2 Å². The minimum atomic E-state index is -3.77. The molecule has 1 amide bonds. The van der Waals surface area contributed by atoms with Crippen molar-refractivity contribution in [3.63, 3.8) is 0 Å². The van der Waals surface area contributed by atoms with Gasteiger partial charge in [0.2, 0.25) is 0 Å². The van der Waals surface area contributed by atoms with E-state index in [2.05, 4.69) is 24.8 Å². The largest absolute Gasteiger partial charge is 0.586 e. The minimum Gasteiger partial charge on any atom is -0.395 e. The number of carbonyl (C=O) groups excluding carboxylic acids is 1. The molecule has 0 fully saturated rings. The summed E-state index contributed by atoms with van der Waals surface area (Å²) in [6.07, 6.45) is -1.25. The van der Waals surface area contributed by atoms with Gasteiger partial charge in [0.05, 0.1) is 28.7 Å². The number of amides is 1. The van der Waals surface area contributed by atoms with E-state index in [0.29, 0.717) is 5.56 Å². The van der Waals surface area contributed by atoms with E-state index in [1.165, 1.54) is 36.7 Å². The third-order valence-corrected chi connectivity index (χ3v) is 4.42. The molecule has 6 nitrogen and oxygen atoms in total. The molecule has 10 heteroatoms. The Morgan fingerprint density at radius 1 is 1.14 bits per heavy atom. The van der Waals surface area contributed by atoms with Crippen LogP contribution in [0.2, 0.25) is 5.02 Å². The third kappa shape index (κ3) is 3.68. The van der Waals surface area contributed by atoms with Gasteiger partial charge in [-0.3, -0.25) is 9.78 Å². The van der Waals surface area contributed by atoms with Crippen molar-refractivity contribution in [1.82, 2.24) is 9.97 Å². The Labute approximate surface area is 167 Å². The average Bonchev–Trinajstić information content (AvgIpc) is 2.94. The second kappa shape index (κ2) is 6.93. The monoisotopic (exact) mass is 421 g/mol. The number of alkyl halides is 2. The Balaban J connectivity index is 1.57. The van der Waals surface area contributed by atoms with Gasteiger partial charge >= 0.3 is 6.29 Å². The first kappa shape index (κ1) is 19.0. The lowest BCUT2D eigenvalue weighted by atomic mass is 10.1. The zero-order chi connectivity index (χ0) is 20.8. The lowest BCUT2D eigenvalue weighted by Crippen LogP contribution is -2.25. The molecule has 1 N–H and O–H groups in total. The second-order valence-electron chi connectivity index (χ2n) is 6.12. The van der Waals surface area contributed by atoms with Gasteiger partial charge < -0.3 is 14.8 Å². The molecule has 1 aliphatic rings. The molecule has 0 unspecified atom stereocenters. The molecule has 1 aromatic heterocycles. The number of anilines is 1. The molecule has 0 radical (unpaired) electrons. The van der Waals surface area contributed by atoms with Crippen LogP contribution in [-0.4, -0.2) is 22.2 Å². The van der Waals surface area contributed by atoms with Crippen molar-refractivity contribution in [1.29, 1.82) is 0 Å². The number of nitrogens with one attached hydrogen (secondary N) is 1. The first-order valence-corrected chi connectivity index (χ1v) is 8.59. The number of benzene rings is 2. The topological polar surface area (TPSA) is 73.3 Å². The molecule has 4 rings (SSSR count). The van der Waals surface area contributed by atoms with E-state index < -0.39 is 18.0 Å². The normalized spacial score (nSPS) is 14.0. The van der Waals surface area contributed by atoms with Crippen LogP contribution in [0.4, 0.5) is 19.0 Å². The van der Waals surface area contributed by atoms with Crippen molar-refractivity contribution < 1.29 is 27.4 Å². The van der Waals surface area contributed by atoms with E-state index in [1.54, 1.807) is 13.0 Å². The Morgan fingerprint density at radius 3 is 2.52 bits per heavy atom. The lowest BCUT2D eigenvalue weighted by molar-refractivity contribution is -0.286. The fourth-order valence-electron chi connectivity index (χ4n) is 2.80. The summed E-state index contributed by atoms with van der Waals surface area (Å²) < 4.78 is 49.0.